The lowest BCUT2D eigenvalue weighted by Gasteiger charge is -2.15. The maximum Gasteiger partial charge on any atom is 0.449 e. The number of nitrogens with one attached hydrogen (secondary N) is 1. The molecule has 0 saturated heterocycles. The number of aromatic nitrogens is 2. The number of nitrogens with zero attached hydrogens (tertiary/aromatic N) is 2. The molecule has 1 aliphatic carbocycles. The molecule has 1 aromatic carbocycles. The van der Waals surface area contributed by atoms with Crippen LogP contribution in [0.15, 0.2) is 24.3 Å². The lowest BCUT2D eigenvalue weighted by Crippen LogP contribution is -2.44. The second-order valence-electron chi connectivity index (χ2n) is 5.73. The van der Waals surface area contributed by atoms with Gasteiger partial charge in [0, 0.05) is 0 Å². The van der Waals surface area contributed by atoms with Gasteiger partial charge >= 0.3 is 12.1 Å². The third-order valence-corrected chi connectivity index (χ3v) is 3.89. The molecule has 9 heteroatoms. The number of fused-ring (bicyclic) bond motifs is 1. The smallest absolute Gasteiger partial charge is 0.449 e. The third-order valence-electron chi connectivity index (χ3n) is 3.89. The van der Waals surface area contributed by atoms with Gasteiger partial charge in [-0.2, -0.15) is 13.2 Å². The van der Waals surface area contributed by atoms with Gasteiger partial charge in [-0.3, -0.25) is 4.79 Å². The van der Waals surface area contributed by atoms with Crippen LogP contribution in [0.2, 0.25) is 0 Å². The summed E-state index contributed by atoms with van der Waals surface area (Å²) in [6, 6.07) is 4.88. The van der Waals surface area contributed by atoms with Crippen molar-refractivity contribution in [3.63, 3.8) is 0 Å². The number of carboxylic acid groups (broad SMARTS) is 1. The largest absolute Gasteiger partial charge is 0.480 e. The number of carboxylic acids is 1. The van der Waals surface area contributed by atoms with Crippen molar-refractivity contribution < 1.29 is 27.9 Å². The summed E-state index contributed by atoms with van der Waals surface area (Å²) in [6.07, 6.45) is -3.36. The molecule has 1 unspecified atom stereocenters. The standard InChI is InChI=1S/C15H14F3N3O3/c16-15(17,18)14-19-9-3-1-2-4-10(9)21(14)7-11(22)20-12(13(23)24)8-5-6-8/h1-4,8,12H,5-7H2,(H,20,22)(H,23,24). The number of amides is 1. The summed E-state index contributed by atoms with van der Waals surface area (Å²) < 4.78 is 40.2. The predicted octanol–water partition coefficient (Wildman–Crippen LogP) is 2.03. The van der Waals surface area contributed by atoms with Crippen molar-refractivity contribution in [1.29, 1.82) is 0 Å². The SMILES string of the molecule is O=C(Cn1c(C(F)(F)F)nc2ccccc21)NC(C(=O)O)C1CC1. The molecular weight excluding hydrogens is 327 g/mol. The first-order valence-corrected chi connectivity index (χ1v) is 7.32. The average Bonchev–Trinajstić information content (AvgIpc) is 3.26. The van der Waals surface area contributed by atoms with Gasteiger partial charge in [0.1, 0.15) is 12.6 Å². The van der Waals surface area contributed by atoms with Gasteiger partial charge in [-0.1, -0.05) is 12.1 Å². The van der Waals surface area contributed by atoms with Crippen molar-refractivity contribution in [2.75, 3.05) is 0 Å². The molecule has 1 atom stereocenters. The molecule has 0 radical (unpaired) electrons. The fourth-order valence-electron chi connectivity index (χ4n) is 2.63. The van der Waals surface area contributed by atoms with Crippen molar-refractivity contribution in [2.45, 2.75) is 31.6 Å². The number of carbonyl (C=O) groups is 2. The van der Waals surface area contributed by atoms with E-state index < -0.39 is 36.5 Å². The Morgan fingerprint density at radius 3 is 2.58 bits per heavy atom. The second kappa shape index (κ2) is 5.81. The molecule has 6 nitrogen and oxygen atoms in total. The Kier molecular flexibility index (Phi) is 3.94. The van der Waals surface area contributed by atoms with Crippen LogP contribution < -0.4 is 5.32 Å². The second-order valence-corrected chi connectivity index (χ2v) is 5.73. The number of aliphatic carboxylic acids is 1. The average molecular weight is 341 g/mol. The first-order valence-electron chi connectivity index (χ1n) is 7.32. The summed E-state index contributed by atoms with van der Waals surface area (Å²) in [5.41, 5.74) is 0.285. The Hall–Kier alpha value is -2.58. The molecule has 1 saturated carbocycles. The molecule has 1 aliphatic rings. The van der Waals surface area contributed by atoms with E-state index in [0.29, 0.717) is 12.8 Å². The first kappa shape index (κ1) is 16.3. The lowest BCUT2D eigenvalue weighted by molar-refractivity contribution is -0.148. The molecule has 0 bridgehead atoms. The van der Waals surface area contributed by atoms with Crippen LogP contribution in [0.25, 0.3) is 11.0 Å². The Labute approximate surface area is 134 Å². The summed E-state index contributed by atoms with van der Waals surface area (Å²) in [7, 11) is 0. The maximum atomic E-state index is 13.2. The van der Waals surface area contributed by atoms with E-state index in [0.717, 1.165) is 4.57 Å². The highest BCUT2D eigenvalue weighted by Crippen LogP contribution is 2.33. The van der Waals surface area contributed by atoms with Crippen LogP contribution in [0.3, 0.4) is 0 Å². The van der Waals surface area contributed by atoms with Gasteiger partial charge < -0.3 is 15.0 Å². The van der Waals surface area contributed by atoms with Crippen molar-refractivity contribution in [3.8, 4) is 0 Å². The van der Waals surface area contributed by atoms with Gasteiger partial charge in [0.25, 0.3) is 0 Å². The van der Waals surface area contributed by atoms with E-state index in [1.165, 1.54) is 12.1 Å². The topological polar surface area (TPSA) is 84.2 Å². The molecule has 2 N–H and O–H groups in total. The van der Waals surface area contributed by atoms with E-state index in [-0.39, 0.29) is 17.0 Å². The Morgan fingerprint density at radius 1 is 1.33 bits per heavy atom. The van der Waals surface area contributed by atoms with E-state index >= 15 is 0 Å². The number of alkyl halides is 3. The van der Waals surface area contributed by atoms with Gasteiger partial charge in [-0.05, 0) is 30.9 Å². The molecule has 1 amide bonds. The predicted molar refractivity (Wildman–Crippen MR) is 77.0 cm³/mol. The summed E-state index contributed by atoms with van der Waals surface area (Å²) >= 11 is 0. The summed E-state index contributed by atoms with van der Waals surface area (Å²) in [5.74, 6) is -3.31. The van der Waals surface area contributed by atoms with E-state index in [2.05, 4.69) is 10.3 Å². The molecule has 0 aliphatic heterocycles. The number of carbonyl (C=O) groups excluding carboxylic acids is 1. The molecule has 128 valence electrons. The fraction of sp³-hybridized carbons (Fsp3) is 0.400. The van der Waals surface area contributed by atoms with Crippen molar-refractivity contribution in [1.82, 2.24) is 14.9 Å². The molecule has 1 aromatic heterocycles. The number of halogens is 3. The number of benzene rings is 1. The fourth-order valence-corrected chi connectivity index (χ4v) is 2.63. The van der Waals surface area contributed by atoms with Crippen LogP contribution in [0.1, 0.15) is 18.7 Å². The van der Waals surface area contributed by atoms with Crippen molar-refractivity contribution >= 4 is 22.9 Å². The molecule has 24 heavy (non-hydrogen) atoms. The summed E-state index contributed by atoms with van der Waals surface area (Å²) in [4.78, 5) is 26.8. The number of hydrogen-bond donors (Lipinski definition) is 2. The molecule has 1 fully saturated rings. The van der Waals surface area contributed by atoms with Crippen LogP contribution in [0, 0.1) is 5.92 Å². The monoisotopic (exact) mass is 341 g/mol. The lowest BCUT2D eigenvalue weighted by atomic mass is 10.2. The molecule has 3 rings (SSSR count). The van der Waals surface area contributed by atoms with Crippen LogP contribution >= 0.6 is 0 Å². The van der Waals surface area contributed by atoms with Crippen LogP contribution in [0.4, 0.5) is 13.2 Å². The van der Waals surface area contributed by atoms with Crippen molar-refractivity contribution in [3.05, 3.63) is 30.1 Å². The number of imidazole rings is 1. The summed E-state index contributed by atoms with van der Waals surface area (Å²) in [6.45, 7) is -0.647. The first-order chi connectivity index (χ1) is 11.3. The van der Waals surface area contributed by atoms with E-state index in [1.54, 1.807) is 12.1 Å². The van der Waals surface area contributed by atoms with Gasteiger partial charge in [-0.15, -0.1) is 0 Å². The van der Waals surface area contributed by atoms with E-state index in [4.69, 9.17) is 5.11 Å². The number of hydrogen-bond acceptors (Lipinski definition) is 3. The zero-order valence-electron chi connectivity index (χ0n) is 12.4. The highest BCUT2D eigenvalue weighted by Gasteiger charge is 2.39. The third kappa shape index (κ3) is 3.19. The molecule has 1 heterocycles. The number of rotatable bonds is 5. The minimum absolute atomic E-state index is 0.120. The minimum atomic E-state index is -4.72. The molecule has 0 spiro atoms. The molecule has 2 aromatic rings. The quantitative estimate of drug-likeness (QED) is 0.872. The van der Waals surface area contributed by atoms with E-state index in [1.807, 2.05) is 0 Å². The zero-order valence-corrected chi connectivity index (χ0v) is 12.4. The minimum Gasteiger partial charge on any atom is -0.480 e. The highest BCUT2D eigenvalue weighted by molar-refractivity contribution is 5.85. The maximum absolute atomic E-state index is 13.2. The Balaban J connectivity index is 1.88. The summed E-state index contributed by atoms with van der Waals surface area (Å²) in [5, 5.41) is 11.4. The highest BCUT2D eigenvalue weighted by atomic mass is 19.4. The van der Waals surface area contributed by atoms with Crippen molar-refractivity contribution in [2.24, 2.45) is 5.92 Å². The normalized spacial score (nSPS) is 16.1. The molecular formula is C15H14F3N3O3. The van der Waals surface area contributed by atoms with E-state index in [9.17, 15) is 22.8 Å². The van der Waals surface area contributed by atoms with Gasteiger partial charge in [0.05, 0.1) is 11.0 Å². The van der Waals surface area contributed by atoms with Crippen LogP contribution in [-0.4, -0.2) is 32.6 Å². The van der Waals surface area contributed by atoms with Crippen LogP contribution in [0.5, 0.6) is 0 Å². The van der Waals surface area contributed by atoms with Gasteiger partial charge in [-0.25, -0.2) is 9.78 Å². The number of para-hydroxylation sites is 2. The zero-order chi connectivity index (χ0) is 17.5. The Morgan fingerprint density at radius 2 is 2.00 bits per heavy atom. The van der Waals surface area contributed by atoms with Crippen LogP contribution in [-0.2, 0) is 22.3 Å². The Bertz CT molecular complexity index is 796. The van der Waals surface area contributed by atoms with Gasteiger partial charge in [0.15, 0.2) is 0 Å². The van der Waals surface area contributed by atoms with Gasteiger partial charge in [0.2, 0.25) is 11.7 Å².